The lowest BCUT2D eigenvalue weighted by atomic mass is 9.84. The highest BCUT2D eigenvalue weighted by Gasteiger charge is 2.13. The lowest BCUT2D eigenvalue weighted by Crippen LogP contribution is -2.10. The molecule has 0 aliphatic heterocycles. The van der Waals surface area contributed by atoms with E-state index in [-0.39, 0.29) is 0 Å². The van der Waals surface area contributed by atoms with Crippen LogP contribution in [-0.2, 0) is 0 Å². The van der Waals surface area contributed by atoms with Gasteiger partial charge >= 0.3 is 0 Å². The molecule has 91 valence electrons. The first-order chi connectivity index (χ1) is 6.97. The second-order valence-electron chi connectivity index (χ2n) is 5.82. The van der Waals surface area contributed by atoms with Gasteiger partial charge < -0.3 is 0 Å². The molecule has 0 saturated heterocycles. The van der Waals surface area contributed by atoms with Crippen LogP contribution in [0.2, 0.25) is 0 Å². The first kappa shape index (κ1) is 15.0. The molecule has 0 spiro atoms. The molecular formula is C15H31. The van der Waals surface area contributed by atoms with Gasteiger partial charge in [0.05, 0.1) is 0 Å². The number of hydrogen-bond acceptors (Lipinski definition) is 0. The van der Waals surface area contributed by atoms with E-state index in [0.29, 0.717) is 0 Å². The van der Waals surface area contributed by atoms with Gasteiger partial charge in [-0.1, -0.05) is 54.4 Å². The van der Waals surface area contributed by atoms with E-state index in [2.05, 4.69) is 48.0 Å². The van der Waals surface area contributed by atoms with Crippen molar-refractivity contribution in [2.45, 2.75) is 67.2 Å². The van der Waals surface area contributed by atoms with Crippen molar-refractivity contribution in [3.63, 3.8) is 0 Å². The summed E-state index contributed by atoms with van der Waals surface area (Å²) in [6, 6.07) is 0. The molecule has 0 amide bonds. The zero-order valence-corrected chi connectivity index (χ0v) is 11.7. The van der Waals surface area contributed by atoms with E-state index < -0.39 is 0 Å². The van der Waals surface area contributed by atoms with E-state index in [4.69, 9.17) is 0 Å². The predicted octanol–water partition coefficient (Wildman–Crippen LogP) is 5.34. The molecule has 0 aromatic heterocycles. The molecule has 0 rings (SSSR count). The van der Waals surface area contributed by atoms with Gasteiger partial charge in [-0.3, -0.25) is 0 Å². The van der Waals surface area contributed by atoms with E-state index in [1.54, 1.807) is 0 Å². The Morgan fingerprint density at radius 1 is 0.933 bits per heavy atom. The third-order valence-corrected chi connectivity index (χ3v) is 3.47. The summed E-state index contributed by atoms with van der Waals surface area (Å²) in [5.41, 5.74) is 0. The van der Waals surface area contributed by atoms with Crippen LogP contribution in [0.15, 0.2) is 0 Å². The fourth-order valence-corrected chi connectivity index (χ4v) is 2.26. The zero-order chi connectivity index (χ0) is 11.8. The van der Waals surface area contributed by atoms with Gasteiger partial charge in [-0.05, 0) is 42.9 Å². The fraction of sp³-hybridized carbons (Fsp3) is 0.933. The van der Waals surface area contributed by atoms with Crippen molar-refractivity contribution in [2.75, 3.05) is 0 Å². The van der Waals surface area contributed by atoms with E-state index in [9.17, 15) is 0 Å². The molecule has 0 bridgehead atoms. The maximum absolute atomic E-state index is 2.54. The van der Waals surface area contributed by atoms with Gasteiger partial charge in [-0.2, -0.15) is 0 Å². The summed E-state index contributed by atoms with van der Waals surface area (Å²) in [6.45, 7) is 14.1. The summed E-state index contributed by atoms with van der Waals surface area (Å²) in [5.74, 6) is 3.37. The lowest BCUT2D eigenvalue weighted by Gasteiger charge is -2.21. The summed E-state index contributed by atoms with van der Waals surface area (Å²) in [7, 11) is 0. The maximum Gasteiger partial charge on any atom is -0.0355 e. The van der Waals surface area contributed by atoms with Gasteiger partial charge in [-0.15, -0.1) is 0 Å². The van der Waals surface area contributed by atoms with Crippen LogP contribution in [0, 0.1) is 30.1 Å². The lowest BCUT2D eigenvalue weighted by molar-refractivity contribution is 0.341. The molecule has 0 fully saturated rings. The zero-order valence-electron chi connectivity index (χ0n) is 11.7. The smallest absolute Gasteiger partial charge is 0.0355 e. The second-order valence-corrected chi connectivity index (χ2v) is 5.82. The van der Waals surface area contributed by atoms with E-state index in [1.807, 2.05) is 0 Å². The molecule has 1 radical (unpaired) electrons. The van der Waals surface area contributed by atoms with Crippen LogP contribution in [0.3, 0.4) is 0 Å². The Kier molecular flexibility index (Phi) is 8.19. The minimum Gasteiger partial charge on any atom is -0.0654 e. The Morgan fingerprint density at radius 2 is 1.53 bits per heavy atom. The Morgan fingerprint density at radius 3 is 2.00 bits per heavy atom. The molecule has 0 saturated carbocycles. The highest BCUT2D eigenvalue weighted by atomic mass is 14.2. The van der Waals surface area contributed by atoms with Gasteiger partial charge in [0, 0.05) is 0 Å². The molecule has 3 atom stereocenters. The van der Waals surface area contributed by atoms with E-state index >= 15 is 0 Å². The normalized spacial score (nSPS) is 17.8. The van der Waals surface area contributed by atoms with Crippen LogP contribution < -0.4 is 0 Å². The standard InChI is InChI=1S/C15H31/c1-7-8-14(5)15(6)10-9-13(4)11-12(2)3/h9,12-15H,7-8,10-11H2,1-6H3. The quantitative estimate of drug-likeness (QED) is 0.508. The van der Waals surface area contributed by atoms with Gasteiger partial charge in [-0.25, -0.2) is 0 Å². The molecule has 0 heterocycles. The number of hydrogen-bond donors (Lipinski definition) is 0. The van der Waals surface area contributed by atoms with Crippen LogP contribution in [-0.4, -0.2) is 0 Å². The third-order valence-electron chi connectivity index (χ3n) is 3.47. The summed E-state index contributed by atoms with van der Waals surface area (Å²) >= 11 is 0. The summed E-state index contributed by atoms with van der Waals surface area (Å²) in [6.07, 6.45) is 7.89. The SMILES string of the molecule is CCCC(C)C(C)C[CH]C(C)CC(C)C. The number of rotatable bonds is 8. The average Bonchev–Trinajstić information content (AvgIpc) is 2.13. The molecule has 0 heteroatoms. The third kappa shape index (κ3) is 7.88. The molecule has 0 aromatic rings. The topological polar surface area (TPSA) is 0 Å². The van der Waals surface area contributed by atoms with Crippen LogP contribution in [0.5, 0.6) is 0 Å². The fourth-order valence-electron chi connectivity index (χ4n) is 2.26. The van der Waals surface area contributed by atoms with Crippen molar-refractivity contribution in [3.05, 3.63) is 6.42 Å². The van der Waals surface area contributed by atoms with Gasteiger partial charge in [0.15, 0.2) is 0 Å². The van der Waals surface area contributed by atoms with Crippen molar-refractivity contribution >= 4 is 0 Å². The van der Waals surface area contributed by atoms with Crippen molar-refractivity contribution < 1.29 is 0 Å². The van der Waals surface area contributed by atoms with Gasteiger partial charge in [0.2, 0.25) is 0 Å². The van der Waals surface area contributed by atoms with E-state index in [0.717, 1.165) is 23.7 Å². The molecule has 3 unspecified atom stereocenters. The Bertz CT molecular complexity index is 137. The minimum absolute atomic E-state index is 0.793. The van der Waals surface area contributed by atoms with Crippen molar-refractivity contribution in [3.8, 4) is 0 Å². The molecule has 0 aliphatic rings. The van der Waals surface area contributed by atoms with Crippen LogP contribution in [0.25, 0.3) is 0 Å². The Hall–Kier alpha value is 0. The van der Waals surface area contributed by atoms with Gasteiger partial charge in [0.1, 0.15) is 0 Å². The molecule has 0 aromatic carbocycles. The summed E-state index contributed by atoms with van der Waals surface area (Å²) in [5, 5.41) is 0. The summed E-state index contributed by atoms with van der Waals surface area (Å²) in [4.78, 5) is 0. The molecule has 0 nitrogen and oxygen atoms in total. The Labute approximate surface area is 97.8 Å². The maximum atomic E-state index is 2.54. The molecule has 0 N–H and O–H groups in total. The first-order valence-electron chi connectivity index (χ1n) is 6.80. The summed E-state index contributed by atoms with van der Waals surface area (Å²) < 4.78 is 0. The minimum atomic E-state index is 0.793. The highest BCUT2D eigenvalue weighted by molar-refractivity contribution is 4.77. The van der Waals surface area contributed by atoms with Crippen LogP contribution in [0.4, 0.5) is 0 Å². The van der Waals surface area contributed by atoms with E-state index in [1.165, 1.54) is 25.7 Å². The average molecular weight is 211 g/mol. The van der Waals surface area contributed by atoms with Crippen molar-refractivity contribution in [2.24, 2.45) is 23.7 Å². The van der Waals surface area contributed by atoms with Crippen LogP contribution in [0.1, 0.15) is 67.2 Å². The molecule has 0 aliphatic carbocycles. The van der Waals surface area contributed by atoms with Crippen molar-refractivity contribution in [1.82, 2.24) is 0 Å². The van der Waals surface area contributed by atoms with Crippen LogP contribution >= 0.6 is 0 Å². The highest BCUT2D eigenvalue weighted by Crippen LogP contribution is 2.24. The largest absolute Gasteiger partial charge is 0.0654 e. The monoisotopic (exact) mass is 211 g/mol. The molecular weight excluding hydrogens is 180 g/mol. The van der Waals surface area contributed by atoms with Crippen molar-refractivity contribution in [1.29, 1.82) is 0 Å². The first-order valence-corrected chi connectivity index (χ1v) is 6.80. The predicted molar refractivity (Wildman–Crippen MR) is 70.8 cm³/mol. The second kappa shape index (κ2) is 8.19. The van der Waals surface area contributed by atoms with Gasteiger partial charge in [0.25, 0.3) is 0 Å². The Balaban J connectivity index is 3.64. The molecule has 15 heavy (non-hydrogen) atoms.